The number of nitrogens with zero attached hydrogens (tertiary/aromatic N) is 3. The number of amides is 1. The van der Waals surface area contributed by atoms with Crippen molar-refractivity contribution >= 4 is 28.8 Å². The summed E-state index contributed by atoms with van der Waals surface area (Å²) < 4.78 is 1.96. The molecule has 0 atom stereocenters. The summed E-state index contributed by atoms with van der Waals surface area (Å²) in [4.78, 5) is 36.4. The lowest BCUT2D eigenvalue weighted by Gasteiger charge is -2.32. The van der Waals surface area contributed by atoms with Crippen molar-refractivity contribution in [1.82, 2.24) is 14.5 Å². The number of likely N-dealkylation sites (tertiary alicyclic amines) is 1. The number of aromatic nitrogens is 2. The highest BCUT2D eigenvalue weighted by atomic mass is 35.5. The van der Waals surface area contributed by atoms with Gasteiger partial charge in [-0.05, 0) is 74.3 Å². The smallest absolute Gasteiger partial charge is 0.265 e. The van der Waals surface area contributed by atoms with Gasteiger partial charge >= 0.3 is 0 Å². The number of piperidine rings is 1. The van der Waals surface area contributed by atoms with E-state index >= 15 is 0 Å². The Morgan fingerprint density at radius 3 is 2.23 bits per heavy atom. The van der Waals surface area contributed by atoms with Crippen molar-refractivity contribution in [1.29, 1.82) is 0 Å². The van der Waals surface area contributed by atoms with E-state index < -0.39 is 0 Å². The first-order valence-corrected chi connectivity index (χ1v) is 17.2. The van der Waals surface area contributed by atoms with Gasteiger partial charge in [-0.25, -0.2) is 4.98 Å². The highest BCUT2D eigenvalue weighted by molar-refractivity contribution is 7.13. The van der Waals surface area contributed by atoms with Gasteiger partial charge in [0.05, 0.1) is 22.5 Å². The van der Waals surface area contributed by atoms with E-state index in [0.29, 0.717) is 21.2 Å². The van der Waals surface area contributed by atoms with Gasteiger partial charge in [-0.3, -0.25) is 14.2 Å². The fourth-order valence-electron chi connectivity index (χ4n) is 6.88. The monoisotopic (exact) mass is 613 g/mol. The number of thiazole rings is 1. The Bertz CT molecular complexity index is 1640. The Labute approximate surface area is 263 Å². The first-order chi connectivity index (χ1) is 21.0. The molecule has 3 heterocycles. The standard InChI is InChI=1S/C36H40ClN3O2S/c1-3-24-14-11-15-25(4-2)32(24)40-33(27-12-7-5-8-13-27)29(35(41)39-20-9-6-10-21-39)22-30(36(40)42)34-38-31(23-43-34)26-16-18-28(37)19-17-26/h11,14-19,22-23,27H,3-10,12-13,20-21H2,1-2H3. The second kappa shape index (κ2) is 13.2. The summed E-state index contributed by atoms with van der Waals surface area (Å²) in [6.07, 6.45) is 10.2. The quantitative estimate of drug-likeness (QED) is 0.209. The minimum absolute atomic E-state index is 0.0526. The van der Waals surface area contributed by atoms with Crippen LogP contribution in [0.3, 0.4) is 0 Å². The molecule has 0 spiro atoms. The summed E-state index contributed by atoms with van der Waals surface area (Å²) in [5.74, 6) is 0.214. The molecule has 0 N–H and O–H groups in total. The zero-order chi connectivity index (χ0) is 29.9. The minimum Gasteiger partial charge on any atom is -0.339 e. The van der Waals surface area contributed by atoms with Crippen LogP contribution in [0.5, 0.6) is 0 Å². The second-order valence-electron chi connectivity index (χ2n) is 11.9. The van der Waals surface area contributed by atoms with Crippen LogP contribution in [0, 0.1) is 0 Å². The van der Waals surface area contributed by atoms with Gasteiger partial charge in [-0.1, -0.05) is 75.0 Å². The van der Waals surface area contributed by atoms with Crippen LogP contribution >= 0.6 is 22.9 Å². The van der Waals surface area contributed by atoms with Crippen LogP contribution in [-0.2, 0) is 12.8 Å². The van der Waals surface area contributed by atoms with E-state index in [4.69, 9.17) is 16.6 Å². The molecule has 224 valence electrons. The normalized spacial score (nSPS) is 16.0. The third-order valence-corrected chi connectivity index (χ3v) is 10.3. The average molecular weight is 614 g/mol. The first-order valence-electron chi connectivity index (χ1n) is 15.9. The SMILES string of the molecule is CCc1cccc(CC)c1-n1c(C2CCCCC2)c(C(=O)N2CCCCC2)cc(-c2nc(-c3ccc(Cl)cc3)cs2)c1=O. The van der Waals surface area contributed by atoms with Crippen molar-refractivity contribution in [2.45, 2.75) is 84.0 Å². The molecule has 2 fully saturated rings. The lowest BCUT2D eigenvalue weighted by Crippen LogP contribution is -2.38. The van der Waals surface area contributed by atoms with E-state index in [9.17, 15) is 9.59 Å². The molecule has 1 amide bonds. The molecule has 6 rings (SSSR count). The molecular weight excluding hydrogens is 574 g/mol. The largest absolute Gasteiger partial charge is 0.339 e. The number of rotatable bonds is 7. The van der Waals surface area contributed by atoms with Crippen LogP contribution in [0.1, 0.15) is 98.3 Å². The van der Waals surface area contributed by atoms with Crippen LogP contribution in [0.4, 0.5) is 0 Å². The number of hydrogen-bond acceptors (Lipinski definition) is 4. The maximum atomic E-state index is 14.9. The molecule has 1 aliphatic heterocycles. The van der Waals surface area contributed by atoms with Gasteiger partial charge in [0.25, 0.3) is 11.5 Å². The van der Waals surface area contributed by atoms with Gasteiger partial charge < -0.3 is 4.90 Å². The van der Waals surface area contributed by atoms with E-state index in [2.05, 4.69) is 32.0 Å². The van der Waals surface area contributed by atoms with Crippen LogP contribution in [-0.4, -0.2) is 33.4 Å². The van der Waals surface area contributed by atoms with Crippen molar-refractivity contribution in [3.05, 3.63) is 91.7 Å². The average Bonchev–Trinajstić information content (AvgIpc) is 3.55. The molecule has 0 radical (unpaired) electrons. The van der Waals surface area contributed by atoms with Crippen molar-refractivity contribution in [3.8, 4) is 27.5 Å². The van der Waals surface area contributed by atoms with Crippen molar-refractivity contribution in [3.63, 3.8) is 0 Å². The zero-order valence-corrected chi connectivity index (χ0v) is 26.8. The number of carbonyl (C=O) groups is 1. The van der Waals surface area contributed by atoms with Crippen molar-refractivity contribution in [2.24, 2.45) is 0 Å². The summed E-state index contributed by atoms with van der Waals surface area (Å²) in [6, 6.07) is 15.8. The molecule has 7 heteroatoms. The van der Waals surface area contributed by atoms with E-state index in [1.54, 1.807) is 0 Å². The third kappa shape index (κ3) is 5.97. The number of benzene rings is 2. The summed E-state index contributed by atoms with van der Waals surface area (Å²) >= 11 is 7.59. The molecule has 1 saturated carbocycles. The highest BCUT2D eigenvalue weighted by Crippen LogP contribution is 2.39. The Kier molecular flexibility index (Phi) is 9.15. The van der Waals surface area contributed by atoms with Gasteiger partial charge in [0, 0.05) is 40.7 Å². The van der Waals surface area contributed by atoms with Gasteiger partial charge in [-0.15, -0.1) is 11.3 Å². The maximum Gasteiger partial charge on any atom is 0.265 e. The molecule has 4 aromatic rings. The Balaban J connectivity index is 1.63. The minimum atomic E-state index is -0.0802. The number of halogens is 1. The topological polar surface area (TPSA) is 55.2 Å². The molecule has 5 nitrogen and oxygen atoms in total. The van der Waals surface area contributed by atoms with Gasteiger partial charge in [0.1, 0.15) is 5.01 Å². The first kappa shape index (κ1) is 29.8. The fourth-order valence-corrected chi connectivity index (χ4v) is 7.84. The molecule has 0 unspecified atom stereocenters. The number of hydrogen-bond donors (Lipinski definition) is 0. The van der Waals surface area contributed by atoms with Gasteiger partial charge in [-0.2, -0.15) is 0 Å². The van der Waals surface area contributed by atoms with E-state index in [1.165, 1.54) is 17.8 Å². The summed E-state index contributed by atoms with van der Waals surface area (Å²) in [6.45, 7) is 5.82. The van der Waals surface area contributed by atoms with Gasteiger partial charge in [0.2, 0.25) is 0 Å². The molecule has 1 saturated heterocycles. The Hall–Kier alpha value is -3.22. The Morgan fingerprint density at radius 2 is 1.58 bits per heavy atom. The predicted octanol–water partition coefficient (Wildman–Crippen LogP) is 9.08. The molecule has 0 bridgehead atoms. The molecule has 2 aromatic carbocycles. The lowest BCUT2D eigenvalue weighted by atomic mass is 9.83. The van der Waals surface area contributed by atoms with Gasteiger partial charge in [0.15, 0.2) is 0 Å². The van der Waals surface area contributed by atoms with E-state index in [0.717, 1.165) is 105 Å². The Morgan fingerprint density at radius 1 is 0.930 bits per heavy atom. The number of aryl methyl sites for hydroxylation is 2. The molecule has 43 heavy (non-hydrogen) atoms. The highest BCUT2D eigenvalue weighted by Gasteiger charge is 2.32. The molecule has 2 aromatic heterocycles. The van der Waals surface area contributed by atoms with E-state index in [-0.39, 0.29) is 17.4 Å². The maximum absolute atomic E-state index is 14.9. The number of para-hydroxylation sites is 1. The molecule has 2 aliphatic rings. The van der Waals surface area contributed by atoms with Crippen molar-refractivity contribution < 1.29 is 4.79 Å². The third-order valence-electron chi connectivity index (χ3n) is 9.17. The zero-order valence-electron chi connectivity index (χ0n) is 25.2. The predicted molar refractivity (Wildman–Crippen MR) is 178 cm³/mol. The van der Waals surface area contributed by atoms with Crippen LogP contribution in [0.25, 0.3) is 27.5 Å². The van der Waals surface area contributed by atoms with Crippen LogP contribution in [0.2, 0.25) is 5.02 Å². The second-order valence-corrected chi connectivity index (χ2v) is 13.2. The van der Waals surface area contributed by atoms with Crippen molar-refractivity contribution in [2.75, 3.05) is 13.1 Å². The number of pyridine rings is 1. The fraction of sp³-hybridized carbons (Fsp3) is 0.417. The molecule has 1 aliphatic carbocycles. The van der Waals surface area contributed by atoms with Crippen LogP contribution in [0.15, 0.2) is 58.7 Å². The van der Waals surface area contributed by atoms with E-state index in [1.807, 2.05) is 45.2 Å². The summed E-state index contributed by atoms with van der Waals surface area (Å²) in [5.41, 5.74) is 6.98. The van der Waals surface area contributed by atoms with Crippen LogP contribution < -0.4 is 5.56 Å². The molecular formula is C36H40ClN3O2S. The number of carbonyl (C=O) groups excluding carboxylic acids is 1. The summed E-state index contributed by atoms with van der Waals surface area (Å²) in [5, 5.41) is 3.29. The lowest BCUT2D eigenvalue weighted by molar-refractivity contribution is 0.0721. The summed E-state index contributed by atoms with van der Waals surface area (Å²) in [7, 11) is 0.